The number of nitrogens with zero attached hydrogens (tertiary/aromatic N) is 1. The van der Waals surface area contributed by atoms with Gasteiger partial charge in [0.2, 0.25) is 0 Å². The average molecular weight is 374 g/mol. The van der Waals surface area contributed by atoms with Crippen molar-refractivity contribution in [1.29, 1.82) is 0 Å². The molecule has 0 radical (unpaired) electrons. The fourth-order valence-corrected chi connectivity index (χ4v) is 8.38. The molecule has 150 valence electrons. The van der Waals surface area contributed by atoms with E-state index in [1.807, 2.05) is 7.11 Å². The molecule has 4 bridgehead atoms. The van der Waals surface area contributed by atoms with E-state index in [0.29, 0.717) is 11.7 Å². The molecule has 1 heterocycles. The summed E-state index contributed by atoms with van der Waals surface area (Å²) in [5.41, 5.74) is 1.71. The van der Waals surface area contributed by atoms with Crippen molar-refractivity contribution < 1.29 is 14.3 Å². The number of ether oxygens (including phenoxy) is 2. The first-order valence-electron chi connectivity index (χ1n) is 11.0. The standard InChI is InChI=1S/C23H35NO3/c1-5-24-13-21(2)10-8-19(27-4)23(14-24)17(21)7-6-9-22-12-16(26-3)15(20(22)25)11-18(22)23/h7,15-16,18-19H,5-6,8-14H2,1-4H3. The third-order valence-corrected chi connectivity index (χ3v) is 9.34. The number of hydrogen-bond acceptors (Lipinski definition) is 4. The van der Waals surface area contributed by atoms with Gasteiger partial charge in [-0.3, -0.25) is 4.79 Å². The van der Waals surface area contributed by atoms with Crippen LogP contribution in [0.1, 0.15) is 52.4 Å². The second-order valence-electron chi connectivity index (χ2n) is 10.2. The van der Waals surface area contributed by atoms with E-state index in [2.05, 4.69) is 24.8 Å². The van der Waals surface area contributed by atoms with E-state index in [1.54, 1.807) is 12.7 Å². The first kappa shape index (κ1) is 18.3. The normalized spacial score (nSPS) is 51.6. The summed E-state index contributed by atoms with van der Waals surface area (Å²) < 4.78 is 12.0. The molecule has 0 amide bonds. The molecule has 0 aromatic carbocycles. The lowest BCUT2D eigenvalue weighted by atomic mass is 9.47. The summed E-state index contributed by atoms with van der Waals surface area (Å²) in [6.45, 7) is 8.07. The number of hydrogen-bond donors (Lipinski definition) is 0. The zero-order valence-corrected chi connectivity index (χ0v) is 17.4. The number of carbonyl (C=O) groups excluding carboxylic acids is 1. The summed E-state index contributed by atoms with van der Waals surface area (Å²) in [6, 6.07) is 0. The van der Waals surface area contributed by atoms with Gasteiger partial charge in [0.25, 0.3) is 0 Å². The van der Waals surface area contributed by atoms with Crippen LogP contribution in [0.2, 0.25) is 0 Å². The number of ketones is 1. The second-order valence-corrected chi connectivity index (χ2v) is 10.2. The highest BCUT2D eigenvalue weighted by atomic mass is 16.5. The van der Waals surface area contributed by atoms with Crippen molar-refractivity contribution in [2.75, 3.05) is 33.9 Å². The molecule has 1 aliphatic heterocycles. The molecule has 7 unspecified atom stereocenters. The van der Waals surface area contributed by atoms with Gasteiger partial charge in [0.05, 0.1) is 12.2 Å². The Morgan fingerprint density at radius 3 is 2.74 bits per heavy atom. The minimum atomic E-state index is -0.185. The number of rotatable bonds is 3. The molecule has 7 atom stereocenters. The Hall–Kier alpha value is -0.710. The topological polar surface area (TPSA) is 38.8 Å². The van der Waals surface area contributed by atoms with E-state index < -0.39 is 0 Å². The number of Topliss-reactive ketones (excluding diaryl/α,β-unsaturated/α-hetero) is 1. The lowest BCUT2D eigenvalue weighted by Gasteiger charge is -2.63. The molecule has 4 heteroatoms. The molecule has 4 fully saturated rings. The molecule has 27 heavy (non-hydrogen) atoms. The van der Waals surface area contributed by atoms with Crippen LogP contribution in [0.4, 0.5) is 0 Å². The summed E-state index contributed by atoms with van der Waals surface area (Å²) >= 11 is 0. The van der Waals surface area contributed by atoms with Gasteiger partial charge in [-0.2, -0.15) is 0 Å². The number of carbonyl (C=O) groups is 1. The summed E-state index contributed by atoms with van der Waals surface area (Å²) in [6.07, 6.45) is 9.23. The molecular weight excluding hydrogens is 338 g/mol. The average Bonchev–Trinajstić information content (AvgIpc) is 3.01. The van der Waals surface area contributed by atoms with Gasteiger partial charge in [0.1, 0.15) is 5.78 Å². The van der Waals surface area contributed by atoms with Crippen LogP contribution in [0.15, 0.2) is 11.6 Å². The minimum absolute atomic E-state index is 0.00955. The van der Waals surface area contributed by atoms with Gasteiger partial charge in [0, 0.05) is 49.5 Å². The van der Waals surface area contributed by atoms with Crippen LogP contribution in [-0.2, 0) is 14.3 Å². The van der Waals surface area contributed by atoms with Crippen LogP contribution in [0.5, 0.6) is 0 Å². The Morgan fingerprint density at radius 2 is 2.04 bits per heavy atom. The van der Waals surface area contributed by atoms with E-state index in [1.165, 1.54) is 6.42 Å². The van der Waals surface area contributed by atoms with Gasteiger partial charge in [0.15, 0.2) is 0 Å². The van der Waals surface area contributed by atoms with Crippen molar-refractivity contribution in [3.63, 3.8) is 0 Å². The van der Waals surface area contributed by atoms with Crippen molar-refractivity contribution in [2.45, 2.75) is 64.6 Å². The largest absolute Gasteiger partial charge is 0.381 e. The fourth-order valence-electron chi connectivity index (χ4n) is 8.38. The SMILES string of the molecule is CCN1CC2(C)CCC(OC)C3(C1)C2=CCCC12CC(OC)C(CC13)C2=O. The lowest BCUT2D eigenvalue weighted by molar-refractivity contribution is -0.148. The predicted octanol–water partition coefficient (Wildman–Crippen LogP) is 3.45. The maximum atomic E-state index is 13.5. The Bertz CT molecular complexity index is 689. The molecule has 1 saturated heterocycles. The quantitative estimate of drug-likeness (QED) is 0.710. The predicted molar refractivity (Wildman–Crippen MR) is 104 cm³/mol. The molecule has 5 aliphatic rings. The van der Waals surface area contributed by atoms with Crippen molar-refractivity contribution in [1.82, 2.24) is 4.90 Å². The molecule has 0 N–H and O–H groups in total. The Kier molecular flexibility index (Phi) is 4.00. The molecule has 1 spiro atoms. The Labute approximate surface area is 163 Å². The highest BCUT2D eigenvalue weighted by Crippen LogP contribution is 2.71. The summed E-state index contributed by atoms with van der Waals surface area (Å²) in [7, 11) is 3.69. The highest BCUT2D eigenvalue weighted by molar-refractivity contribution is 5.93. The lowest BCUT2D eigenvalue weighted by Crippen LogP contribution is -2.65. The van der Waals surface area contributed by atoms with Gasteiger partial charge in [-0.15, -0.1) is 0 Å². The second kappa shape index (κ2) is 5.90. The molecule has 0 aromatic heterocycles. The van der Waals surface area contributed by atoms with Crippen molar-refractivity contribution >= 4 is 5.78 Å². The van der Waals surface area contributed by atoms with E-state index in [4.69, 9.17) is 9.47 Å². The van der Waals surface area contributed by atoms with E-state index in [9.17, 15) is 4.79 Å². The highest BCUT2D eigenvalue weighted by Gasteiger charge is 2.72. The van der Waals surface area contributed by atoms with E-state index >= 15 is 0 Å². The molecule has 0 aromatic rings. The number of fused-ring (bicyclic) bond motifs is 1. The molecular formula is C23H35NO3. The monoisotopic (exact) mass is 373 g/mol. The smallest absolute Gasteiger partial charge is 0.145 e. The van der Waals surface area contributed by atoms with Crippen molar-refractivity contribution in [2.24, 2.45) is 28.1 Å². The Morgan fingerprint density at radius 1 is 1.22 bits per heavy atom. The van der Waals surface area contributed by atoms with E-state index in [-0.39, 0.29) is 34.4 Å². The van der Waals surface area contributed by atoms with Gasteiger partial charge in [-0.05, 0) is 51.0 Å². The van der Waals surface area contributed by atoms with Gasteiger partial charge in [-0.1, -0.05) is 25.5 Å². The molecule has 4 aliphatic carbocycles. The van der Waals surface area contributed by atoms with Crippen LogP contribution in [-0.4, -0.2) is 56.7 Å². The van der Waals surface area contributed by atoms with Crippen LogP contribution in [0, 0.1) is 28.1 Å². The number of methoxy groups -OCH3 is 2. The maximum absolute atomic E-state index is 13.5. The molecule has 3 saturated carbocycles. The Balaban J connectivity index is 1.68. The molecule has 5 rings (SSSR count). The first-order valence-corrected chi connectivity index (χ1v) is 11.0. The van der Waals surface area contributed by atoms with Crippen LogP contribution < -0.4 is 0 Å². The van der Waals surface area contributed by atoms with E-state index in [0.717, 1.165) is 51.7 Å². The third-order valence-electron chi connectivity index (χ3n) is 9.34. The van der Waals surface area contributed by atoms with Crippen molar-refractivity contribution in [3.05, 3.63) is 11.6 Å². The molecule has 4 nitrogen and oxygen atoms in total. The minimum Gasteiger partial charge on any atom is -0.381 e. The van der Waals surface area contributed by atoms with Crippen LogP contribution in [0.3, 0.4) is 0 Å². The van der Waals surface area contributed by atoms with Gasteiger partial charge in [-0.25, -0.2) is 0 Å². The third kappa shape index (κ3) is 2.08. The van der Waals surface area contributed by atoms with Gasteiger partial charge < -0.3 is 14.4 Å². The summed E-state index contributed by atoms with van der Waals surface area (Å²) in [5, 5.41) is 0. The van der Waals surface area contributed by atoms with Crippen LogP contribution in [0.25, 0.3) is 0 Å². The van der Waals surface area contributed by atoms with Crippen LogP contribution >= 0.6 is 0 Å². The zero-order valence-electron chi connectivity index (χ0n) is 17.4. The van der Waals surface area contributed by atoms with Gasteiger partial charge >= 0.3 is 0 Å². The summed E-state index contributed by atoms with van der Waals surface area (Å²) in [4.78, 5) is 16.2. The number of allylic oxidation sites excluding steroid dienone is 1. The van der Waals surface area contributed by atoms with Crippen molar-refractivity contribution in [3.8, 4) is 0 Å². The zero-order chi connectivity index (χ0) is 19.0. The number of likely N-dealkylation sites (tertiary alicyclic amines) is 1. The first-order chi connectivity index (χ1) is 12.9. The fraction of sp³-hybridized carbons (Fsp3) is 0.870. The maximum Gasteiger partial charge on any atom is 0.145 e. The summed E-state index contributed by atoms with van der Waals surface area (Å²) in [5.74, 6) is 1.04. The number of piperidine rings is 1.